The van der Waals surface area contributed by atoms with E-state index in [2.05, 4.69) is 26.6 Å². The van der Waals surface area contributed by atoms with E-state index < -0.39 is 0 Å². The molecule has 1 aromatic carbocycles. The van der Waals surface area contributed by atoms with Gasteiger partial charge in [0.05, 0.1) is 0 Å². The third-order valence-electron chi connectivity index (χ3n) is 2.89. The van der Waals surface area contributed by atoms with Gasteiger partial charge in [-0.05, 0) is 24.6 Å². The van der Waals surface area contributed by atoms with Gasteiger partial charge in [-0.15, -0.1) is 12.4 Å². The van der Waals surface area contributed by atoms with Crippen LogP contribution in [0.3, 0.4) is 0 Å². The smallest absolute Gasteiger partial charge is 0.225 e. The minimum Gasteiger partial charge on any atom is -0.326 e. The van der Waals surface area contributed by atoms with E-state index in [1.807, 2.05) is 36.9 Å². The van der Waals surface area contributed by atoms with E-state index in [-0.39, 0.29) is 18.3 Å². The summed E-state index contributed by atoms with van der Waals surface area (Å²) in [5.41, 5.74) is 2.01. The van der Waals surface area contributed by atoms with Crippen molar-refractivity contribution in [2.45, 2.75) is 19.4 Å². The molecule has 0 radical (unpaired) electrons. The van der Waals surface area contributed by atoms with Gasteiger partial charge in [-0.1, -0.05) is 22.0 Å². The van der Waals surface area contributed by atoms with E-state index in [9.17, 15) is 4.79 Å². The standard InChI is InChI=1S/C13H17BrN2OS.ClH/c1-9-2-3-10(6-12(9)14)16-13(17)7-11-8-18-5-4-15-11;/h2-3,6,11,15H,4-5,7-8H2,1H3,(H,16,17);1H. The molecule has 6 heteroatoms. The number of amides is 1. The number of hydrogen-bond acceptors (Lipinski definition) is 3. The molecule has 1 aliphatic rings. The Morgan fingerprint density at radius 1 is 1.58 bits per heavy atom. The van der Waals surface area contributed by atoms with Gasteiger partial charge < -0.3 is 10.6 Å². The van der Waals surface area contributed by atoms with Crippen molar-refractivity contribution in [2.75, 3.05) is 23.4 Å². The molecule has 0 aromatic heterocycles. The predicted octanol–water partition coefficient (Wildman–Crippen LogP) is 3.21. The number of benzene rings is 1. The highest BCUT2D eigenvalue weighted by molar-refractivity contribution is 9.10. The third kappa shape index (κ3) is 5.34. The van der Waals surface area contributed by atoms with Crippen LogP contribution < -0.4 is 10.6 Å². The Labute approximate surface area is 132 Å². The van der Waals surface area contributed by atoms with Gasteiger partial charge in [0.25, 0.3) is 0 Å². The van der Waals surface area contributed by atoms with Crippen LogP contribution in [0.1, 0.15) is 12.0 Å². The average molecular weight is 366 g/mol. The van der Waals surface area contributed by atoms with Crippen LogP contribution in [-0.2, 0) is 4.79 Å². The maximum atomic E-state index is 11.9. The largest absolute Gasteiger partial charge is 0.326 e. The SMILES string of the molecule is Cc1ccc(NC(=O)CC2CSCCN2)cc1Br.Cl. The van der Waals surface area contributed by atoms with Crippen LogP contribution >= 0.6 is 40.1 Å². The van der Waals surface area contributed by atoms with Crippen LogP contribution in [-0.4, -0.2) is 30.0 Å². The molecule has 1 fully saturated rings. The van der Waals surface area contributed by atoms with Crippen LogP contribution in [0.15, 0.2) is 22.7 Å². The van der Waals surface area contributed by atoms with E-state index in [0.717, 1.165) is 28.2 Å². The van der Waals surface area contributed by atoms with Crippen molar-refractivity contribution >= 4 is 51.7 Å². The van der Waals surface area contributed by atoms with E-state index in [4.69, 9.17) is 0 Å². The number of thioether (sulfide) groups is 1. The summed E-state index contributed by atoms with van der Waals surface area (Å²) in [6.45, 7) is 3.03. The molecule has 1 saturated heterocycles. The molecule has 1 aromatic rings. The van der Waals surface area contributed by atoms with Crippen molar-refractivity contribution in [3.8, 4) is 0 Å². The normalized spacial score (nSPS) is 18.5. The van der Waals surface area contributed by atoms with E-state index in [1.54, 1.807) is 0 Å². The molecule has 0 aliphatic carbocycles. The molecule has 1 atom stereocenters. The Morgan fingerprint density at radius 2 is 2.37 bits per heavy atom. The van der Waals surface area contributed by atoms with E-state index in [0.29, 0.717) is 12.5 Å². The molecule has 3 nitrogen and oxygen atoms in total. The summed E-state index contributed by atoms with van der Waals surface area (Å²) in [5, 5.41) is 6.30. The first-order chi connectivity index (χ1) is 8.65. The van der Waals surface area contributed by atoms with Crippen molar-refractivity contribution in [3.05, 3.63) is 28.2 Å². The van der Waals surface area contributed by atoms with Crippen molar-refractivity contribution in [1.82, 2.24) is 5.32 Å². The van der Waals surface area contributed by atoms with Gasteiger partial charge in [0.2, 0.25) is 5.91 Å². The summed E-state index contributed by atoms with van der Waals surface area (Å²) in [4.78, 5) is 11.9. The number of rotatable bonds is 3. The number of nitrogens with one attached hydrogen (secondary N) is 2. The molecule has 1 heterocycles. The lowest BCUT2D eigenvalue weighted by Crippen LogP contribution is -2.39. The molecule has 0 saturated carbocycles. The third-order valence-corrected chi connectivity index (χ3v) is 4.87. The Morgan fingerprint density at radius 3 is 3.00 bits per heavy atom. The minimum absolute atomic E-state index is 0. The fourth-order valence-electron chi connectivity index (χ4n) is 1.86. The van der Waals surface area contributed by atoms with E-state index >= 15 is 0 Å². The first kappa shape index (κ1) is 16.8. The lowest BCUT2D eigenvalue weighted by Gasteiger charge is -2.22. The Hall–Kier alpha value is -0.230. The van der Waals surface area contributed by atoms with Crippen LogP contribution in [0, 0.1) is 6.92 Å². The number of aryl methyl sites for hydroxylation is 1. The molecule has 0 bridgehead atoms. The topological polar surface area (TPSA) is 41.1 Å². The maximum Gasteiger partial charge on any atom is 0.225 e. The highest BCUT2D eigenvalue weighted by Gasteiger charge is 2.16. The summed E-state index contributed by atoms with van der Waals surface area (Å²) < 4.78 is 1.02. The van der Waals surface area contributed by atoms with Crippen LogP contribution in [0.2, 0.25) is 0 Å². The zero-order chi connectivity index (χ0) is 13.0. The van der Waals surface area contributed by atoms with Gasteiger partial charge in [-0.25, -0.2) is 0 Å². The molecule has 1 unspecified atom stereocenters. The fraction of sp³-hybridized carbons (Fsp3) is 0.462. The van der Waals surface area contributed by atoms with Gasteiger partial charge >= 0.3 is 0 Å². The Balaban J connectivity index is 0.00000180. The first-order valence-corrected chi connectivity index (χ1v) is 7.97. The quantitative estimate of drug-likeness (QED) is 0.864. The number of hydrogen-bond donors (Lipinski definition) is 2. The van der Waals surface area contributed by atoms with Gasteiger partial charge in [0, 0.05) is 40.7 Å². The lowest BCUT2D eigenvalue weighted by atomic mass is 10.2. The van der Waals surface area contributed by atoms with Crippen molar-refractivity contribution in [3.63, 3.8) is 0 Å². The number of halogens is 2. The zero-order valence-electron chi connectivity index (χ0n) is 10.7. The summed E-state index contributed by atoms with van der Waals surface area (Å²) in [5.74, 6) is 2.24. The molecule has 19 heavy (non-hydrogen) atoms. The van der Waals surface area contributed by atoms with Crippen molar-refractivity contribution < 1.29 is 4.79 Å². The molecule has 1 aliphatic heterocycles. The lowest BCUT2D eigenvalue weighted by molar-refractivity contribution is -0.116. The summed E-state index contributed by atoms with van der Waals surface area (Å²) in [6, 6.07) is 6.17. The van der Waals surface area contributed by atoms with Gasteiger partial charge in [0.15, 0.2) is 0 Å². The van der Waals surface area contributed by atoms with Gasteiger partial charge in [-0.3, -0.25) is 4.79 Å². The second kappa shape index (κ2) is 8.15. The van der Waals surface area contributed by atoms with Crippen LogP contribution in [0.5, 0.6) is 0 Å². The molecular weight excluding hydrogens is 348 g/mol. The first-order valence-electron chi connectivity index (χ1n) is 6.02. The highest BCUT2D eigenvalue weighted by Crippen LogP contribution is 2.21. The second-order valence-electron chi connectivity index (χ2n) is 4.44. The second-order valence-corrected chi connectivity index (χ2v) is 6.45. The summed E-state index contributed by atoms with van der Waals surface area (Å²) in [7, 11) is 0. The van der Waals surface area contributed by atoms with Crippen LogP contribution in [0.25, 0.3) is 0 Å². The monoisotopic (exact) mass is 364 g/mol. The predicted molar refractivity (Wildman–Crippen MR) is 88.5 cm³/mol. The number of carbonyl (C=O) groups is 1. The fourth-order valence-corrected chi connectivity index (χ4v) is 3.19. The Kier molecular flexibility index (Phi) is 7.21. The Bertz CT molecular complexity index is 439. The number of carbonyl (C=O) groups excluding carboxylic acids is 1. The number of anilines is 1. The summed E-state index contributed by atoms with van der Waals surface area (Å²) >= 11 is 5.37. The maximum absolute atomic E-state index is 11.9. The molecule has 2 rings (SSSR count). The average Bonchev–Trinajstić information content (AvgIpc) is 2.35. The molecule has 1 amide bonds. The molecule has 2 N–H and O–H groups in total. The highest BCUT2D eigenvalue weighted by atomic mass is 79.9. The molecular formula is C13H18BrClN2OS. The van der Waals surface area contributed by atoms with Crippen LogP contribution in [0.4, 0.5) is 5.69 Å². The van der Waals surface area contributed by atoms with E-state index in [1.165, 1.54) is 5.56 Å². The molecule has 106 valence electrons. The van der Waals surface area contributed by atoms with Gasteiger partial charge in [0.1, 0.15) is 0 Å². The molecule has 0 spiro atoms. The van der Waals surface area contributed by atoms with Crippen molar-refractivity contribution in [2.24, 2.45) is 0 Å². The minimum atomic E-state index is 0. The van der Waals surface area contributed by atoms with Crippen molar-refractivity contribution in [1.29, 1.82) is 0 Å². The van der Waals surface area contributed by atoms with Gasteiger partial charge in [-0.2, -0.15) is 11.8 Å². The summed E-state index contributed by atoms with van der Waals surface area (Å²) in [6.07, 6.45) is 0.540. The zero-order valence-corrected chi connectivity index (χ0v) is 14.0.